The van der Waals surface area contributed by atoms with Crippen molar-refractivity contribution < 1.29 is 0 Å². The summed E-state index contributed by atoms with van der Waals surface area (Å²) >= 11 is 0. The summed E-state index contributed by atoms with van der Waals surface area (Å²) in [5.74, 6) is 2.64. The molecule has 0 bridgehead atoms. The minimum atomic E-state index is 0.287. The van der Waals surface area contributed by atoms with Crippen molar-refractivity contribution in [3.8, 4) is 0 Å². The number of anilines is 2. The van der Waals surface area contributed by atoms with Crippen LogP contribution in [0.5, 0.6) is 0 Å². The first-order valence-electron chi connectivity index (χ1n) is 7.51. The highest BCUT2D eigenvalue weighted by molar-refractivity contribution is 5.36. The van der Waals surface area contributed by atoms with Crippen LogP contribution in [0.2, 0.25) is 0 Å². The highest BCUT2D eigenvalue weighted by atomic mass is 15.3. The number of rotatable bonds is 5. The van der Waals surface area contributed by atoms with Gasteiger partial charge in [-0.05, 0) is 19.3 Å². The third kappa shape index (κ3) is 3.12. The second-order valence-corrected chi connectivity index (χ2v) is 5.32. The van der Waals surface area contributed by atoms with E-state index in [2.05, 4.69) is 36.3 Å². The molecule has 3 heterocycles. The molecule has 2 N–H and O–H groups in total. The van der Waals surface area contributed by atoms with Gasteiger partial charge in [-0.25, -0.2) is 4.98 Å². The Balaban J connectivity index is 1.82. The molecule has 7 heteroatoms. The summed E-state index contributed by atoms with van der Waals surface area (Å²) in [5, 5.41) is 0. The Bertz CT molecular complexity index is 601. The molecule has 112 valence electrons. The molecule has 1 saturated heterocycles. The Morgan fingerprint density at radius 1 is 1.19 bits per heavy atom. The van der Waals surface area contributed by atoms with E-state index in [-0.39, 0.29) is 5.95 Å². The molecule has 0 spiro atoms. The van der Waals surface area contributed by atoms with Crippen molar-refractivity contribution in [1.82, 2.24) is 24.5 Å². The van der Waals surface area contributed by atoms with Crippen LogP contribution in [0.25, 0.3) is 0 Å². The zero-order chi connectivity index (χ0) is 14.7. The Hall–Kier alpha value is -2.18. The fourth-order valence-electron chi connectivity index (χ4n) is 2.66. The van der Waals surface area contributed by atoms with Gasteiger partial charge in [0.05, 0.1) is 6.42 Å². The molecule has 1 aliphatic heterocycles. The lowest BCUT2D eigenvalue weighted by molar-refractivity contribution is 0.641. The van der Waals surface area contributed by atoms with Crippen LogP contribution in [0, 0.1) is 0 Å². The van der Waals surface area contributed by atoms with Crippen LogP contribution in [0.4, 0.5) is 11.9 Å². The van der Waals surface area contributed by atoms with Gasteiger partial charge in [0.2, 0.25) is 11.9 Å². The molecule has 1 fully saturated rings. The molecule has 7 nitrogen and oxygen atoms in total. The van der Waals surface area contributed by atoms with Crippen molar-refractivity contribution in [2.75, 3.05) is 23.7 Å². The maximum absolute atomic E-state index is 5.84. The van der Waals surface area contributed by atoms with Crippen molar-refractivity contribution in [2.24, 2.45) is 0 Å². The lowest BCUT2D eigenvalue weighted by atomic mass is 10.3. The zero-order valence-electron chi connectivity index (χ0n) is 12.4. The first-order chi connectivity index (χ1) is 10.3. The highest BCUT2D eigenvalue weighted by Gasteiger charge is 2.17. The second kappa shape index (κ2) is 6.07. The standard InChI is InChI=1S/C14H21N7/c1-2-6-20-9-5-16-12(20)10-11-17-13(15)19-14(18-11)21-7-3-4-8-21/h5,9H,2-4,6-8,10H2,1H3,(H2,15,17,18,19). The number of aromatic nitrogens is 5. The fraction of sp³-hybridized carbons (Fsp3) is 0.571. The van der Waals surface area contributed by atoms with Crippen molar-refractivity contribution in [3.05, 3.63) is 24.0 Å². The molecular formula is C14H21N7. The SMILES string of the molecule is CCCn1ccnc1Cc1nc(N)nc(N2CCCC2)n1. The molecule has 3 rings (SSSR count). The maximum Gasteiger partial charge on any atom is 0.230 e. The van der Waals surface area contributed by atoms with Gasteiger partial charge in [-0.15, -0.1) is 0 Å². The third-order valence-corrected chi connectivity index (χ3v) is 3.66. The van der Waals surface area contributed by atoms with E-state index in [4.69, 9.17) is 5.73 Å². The van der Waals surface area contributed by atoms with E-state index in [0.717, 1.165) is 31.9 Å². The van der Waals surface area contributed by atoms with E-state index in [1.807, 2.05) is 12.4 Å². The summed E-state index contributed by atoms with van der Waals surface area (Å²) in [4.78, 5) is 19.6. The number of imidazole rings is 1. The van der Waals surface area contributed by atoms with E-state index in [1.54, 1.807) is 0 Å². The normalized spacial score (nSPS) is 14.8. The molecule has 0 atom stereocenters. The summed E-state index contributed by atoms with van der Waals surface area (Å²) in [7, 11) is 0. The van der Waals surface area contributed by atoms with Gasteiger partial charge in [0, 0.05) is 32.0 Å². The average Bonchev–Trinajstić information content (AvgIpc) is 3.11. The molecule has 2 aromatic rings. The molecule has 0 radical (unpaired) electrons. The molecule has 0 aliphatic carbocycles. The van der Waals surface area contributed by atoms with Crippen molar-refractivity contribution in [2.45, 2.75) is 39.2 Å². The smallest absolute Gasteiger partial charge is 0.230 e. The van der Waals surface area contributed by atoms with Gasteiger partial charge in [-0.2, -0.15) is 15.0 Å². The number of hydrogen-bond donors (Lipinski definition) is 1. The maximum atomic E-state index is 5.84. The minimum absolute atomic E-state index is 0.287. The van der Waals surface area contributed by atoms with Crippen molar-refractivity contribution in [1.29, 1.82) is 0 Å². The van der Waals surface area contributed by atoms with Gasteiger partial charge in [-0.1, -0.05) is 6.92 Å². The Kier molecular flexibility index (Phi) is 3.98. The van der Waals surface area contributed by atoms with Gasteiger partial charge < -0.3 is 15.2 Å². The van der Waals surface area contributed by atoms with E-state index in [1.165, 1.54) is 12.8 Å². The molecule has 0 unspecified atom stereocenters. The number of nitrogens with zero attached hydrogens (tertiary/aromatic N) is 6. The number of nitrogen functional groups attached to an aromatic ring is 1. The first kappa shape index (κ1) is 13.8. The first-order valence-corrected chi connectivity index (χ1v) is 7.51. The largest absolute Gasteiger partial charge is 0.368 e. The van der Waals surface area contributed by atoms with Crippen molar-refractivity contribution >= 4 is 11.9 Å². The van der Waals surface area contributed by atoms with Gasteiger partial charge in [-0.3, -0.25) is 0 Å². The molecular weight excluding hydrogens is 266 g/mol. The van der Waals surface area contributed by atoms with E-state index in [0.29, 0.717) is 18.2 Å². The van der Waals surface area contributed by atoms with Gasteiger partial charge in [0.1, 0.15) is 11.6 Å². The summed E-state index contributed by atoms with van der Waals surface area (Å²) in [6, 6.07) is 0. The monoisotopic (exact) mass is 287 g/mol. The van der Waals surface area contributed by atoms with Crippen LogP contribution >= 0.6 is 0 Å². The Morgan fingerprint density at radius 2 is 2.00 bits per heavy atom. The predicted octanol–water partition coefficient (Wildman–Crippen LogP) is 1.25. The lowest BCUT2D eigenvalue weighted by Gasteiger charge is -2.15. The quantitative estimate of drug-likeness (QED) is 0.890. The second-order valence-electron chi connectivity index (χ2n) is 5.32. The third-order valence-electron chi connectivity index (χ3n) is 3.66. The van der Waals surface area contributed by atoms with Crippen LogP contribution in [0.1, 0.15) is 37.8 Å². The van der Waals surface area contributed by atoms with Crippen LogP contribution < -0.4 is 10.6 Å². The number of aryl methyl sites for hydroxylation is 1. The number of hydrogen-bond acceptors (Lipinski definition) is 6. The number of nitrogens with two attached hydrogens (primary N) is 1. The zero-order valence-corrected chi connectivity index (χ0v) is 12.4. The van der Waals surface area contributed by atoms with E-state index >= 15 is 0 Å². The van der Waals surface area contributed by atoms with Gasteiger partial charge >= 0.3 is 0 Å². The summed E-state index contributed by atoms with van der Waals surface area (Å²) in [6.45, 7) is 5.09. The van der Waals surface area contributed by atoms with Crippen LogP contribution in [0.3, 0.4) is 0 Å². The average molecular weight is 287 g/mol. The molecule has 2 aromatic heterocycles. The van der Waals surface area contributed by atoms with Crippen LogP contribution in [0.15, 0.2) is 12.4 Å². The van der Waals surface area contributed by atoms with Crippen LogP contribution in [-0.4, -0.2) is 37.6 Å². The summed E-state index contributed by atoms with van der Waals surface area (Å²) in [6.07, 6.45) is 7.83. The summed E-state index contributed by atoms with van der Waals surface area (Å²) in [5.41, 5.74) is 5.84. The van der Waals surface area contributed by atoms with Crippen LogP contribution in [-0.2, 0) is 13.0 Å². The Labute approximate surface area is 124 Å². The van der Waals surface area contributed by atoms with E-state index in [9.17, 15) is 0 Å². The molecule has 0 amide bonds. The highest BCUT2D eigenvalue weighted by Crippen LogP contribution is 2.17. The molecule has 21 heavy (non-hydrogen) atoms. The lowest BCUT2D eigenvalue weighted by Crippen LogP contribution is -2.22. The topological polar surface area (TPSA) is 85.8 Å². The van der Waals surface area contributed by atoms with Crippen molar-refractivity contribution in [3.63, 3.8) is 0 Å². The Morgan fingerprint density at radius 3 is 2.76 bits per heavy atom. The minimum Gasteiger partial charge on any atom is -0.368 e. The van der Waals surface area contributed by atoms with Gasteiger partial charge in [0.25, 0.3) is 0 Å². The fourth-order valence-corrected chi connectivity index (χ4v) is 2.66. The van der Waals surface area contributed by atoms with Gasteiger partial charge in [0.15, 0.2) is 0 Å². The molecule has 0 saturated carbocycles. The molecule has 1 aliphatic rings. The summed E-state index contributed by atoms with van der Waals surface area (Å²) < 4.78 is 2.13. The predicted molar refractivity (Wildman–Crippen MR) is 81.0 cm³/mol. The van der Waals surface area contributed by atoms with E-state index < -0.39 is 0 Å². The molecule has 0 aromatic carbocycles.